The molecule has 0 unspecified atom stereocenters. The minimum Gasteiger partial charge on any atom is -0.344 e. The second-order valence-corrected chi connectivity index (χ2v) is 0.848. The van der Waals surface area contributed by atoms with Gasteiger partial charge in [0.05, 0.1) is 0 Å². The van der Waals surface area contributed by atoms with Gasteiger partial charge in [-0.2, -0.15) is 13.5 Å². The first-order valence-electron chi connectivity index (χ1n) is 0.651. The molecule has 0 atom stereocenters. The molecular formula is H8NO3PS. The van der Waals surface area contributed by atoms with Crippen LogP contribution in [0.25, 0.3) is 0 Å². The van der Waals surface area contributed by atoms with Crippen LogP contribution in [0.3, 0.4) is 0 Å². The van der Waals surface area contributed by atoms with Crippen LogP contribution in [0.4, 0.5) is 0 Å². The summed E-state index contributed by atoms with van der Waals surface area (Å²) in [4.78, 5) is 14.3. The van der Waals surface area contributed by atoms with Gasteiger partial charge in [0.1, 0.15) is 0 Å². The summed E-state index contributed by atoms with van der Waals surface area (Å²) < 4.78 is 8.74. The van der Waals surface area contributed by atoms with Crippen LogP contribution in [-0.2, 0) is 4.57 Å². The van der Waals surface area contributed by atoms with Gasteiger partial charge in [0.25, 0.3) is 0 Å². The second-order valence-electron chi connectivity index (χ2n) is 0.283. The molecule has 0 aliphatic carbocycles. The lowest BCUT2D eigenvalue weighted by molar-refractivity contribution is 0.405. The van der Waals surface area contributed by atoms with Gasteiger partial charge in [-0.25, -0.2) is 0 Å². The van der Waals surface area contributed by atoms with Crippen LogP contribution < -0.4 is 6.15 Å². The molecule has 0 fully saturated rings. The molecule has 42 valence electrons. The Hall–Kier alpha value is 0.460. The zero-order valence-electron chi connectivity index (χ0n) is 3.01. The summed E-state index contributed by atoms with van der Waals surface area (Å²) in [6.45, 7) is 0. The van der Waals surface area contributed by atoms with Gasteiger partial charge < -0.3 is 15.9 Å². The van der Waals surface area contributed by atoms with Crippen LogP contribution in [0.1, 0.15) is 0 Å². The molecule has 0 rings (SSSR count). The minimum absolute atomic E-state index is 0. The molecule has 0 heterocycles. The molecule has 0 bridgehead atoms. The molecule has 0 aromatic carbocycles. The second kappa shape index (κ2) is 9.07. The Bertz CT molecular complexity index is 33.8. The van der Waals surface area contributed by atoms with Crippen LogP contribution in [0.5, 0.6) is 0 Å². The Kier molecular flexibility index (Phi) is 24.3. The molecule has 0 amide bonds. The Morgan fingerprint density at radius 2 is 1.33 bits per heavy atom. The van der Waals surface area contributed by atoms with E-state index in [0.717, 1.165) is 0 Å². The lowest BCUT2D eigenvalue weighted by Gasteiger charge is -1.61. The molecular weight excluding hydrogens is 125 g/mol. The van der Waals surface area contributed by atoms with Gasteiger partial charge >= 0.3 is 8.25 Å². The van der Waals surface area contributed by atoms with Crippen LogP contribution in [0.15, 0.2) is 0 Å². The third kappa shape index (κ3) is 252. The lowest BCUT2D eigenvalue weighted by Crippen LogP contribution is -1.38. The van der Waals surface area contributed by atoms with E-state index in [1.54, 1.807) is 0 Å². The fraction of sp³-hybridized carbons (Fsp3) is 0. The van der Waals surface area contributed by atoms with Gasteiger partial charge in [-0.1, -0.05) is 0 Å². The number of hydrogen-bond acceptors (Lipinski definition) is 2. The zero-order valence-corrected chi connectivity index (χ0v) is 5.01. The average Bonchev–Trinajstić information content (AvgIpc) is 0.811. The minimum atomic E-state index is -3.13. The summed E-state index contributed by atoms with van der Waals surface area (Å²) in [7, 11) is -3.13. The topological polar surface area (TPSA) is 92.5 Å². The van der Waals surface area contributed by atoms with Crippen molar-refractivity contribution in [3.8, 4) is 0 Å². The van der Waals surface area contributed by atoms with Gasteiger partial charge in [-0.05, 0) is 0 Å². The van der Waals surface area contributed by atoms with Crippen molar-refractivity contribution in [2.45, 2.75) is 0 Å². The predicted molar refractivity (Wildman–Crippen MR) is 28.8 cm³/mol. The fourth-order valence-electron chi connectivity index (χ4n) is 0. The van der Waals surface area contributed by atoms with Crippen molar-refractivity contribution in [2.75, 3.05) is 0 Å². The average molecular weight is 133 g/mol. The highest BCUT2D eigenvalue weighted by molar-refractivity contribution is 7.59. The first-order valence-corrected chi connectivity index (χ1v) is 1.95. The third-order valence-corrected chi connectivity index (χ3v) is 0. The van der Waals surface area contributed by atoms with Crippen molar-refractivity contribution >= 4 is 21.8 Å². The quantitative estimate of drug-likeness (QED) is 0.393. The summed E-state index contributed by atoms with van der Waals surface area (Å²) in [6.07, 6.45) is 0. The molecule has 6 heteroatoms. The number of rotatable bonds is 0. The number of hydrogen-bond donors (Lipinski definition) is 3. The van der Waals surface area contributed by atoms with E-state index in [1.807, 2.05) is 0 Å². The normalized spacial score (nSPS) is 5.83. The first-order chi connectivity index (χ1) is 1.73. The van der Waals surface area contributed by atoms with E-state index >= 15 is 0 Å². The molecule has 5 N–H and O–H groups in total. The van der Waals surface area contributed by atoms with E-state index in [9.17, 15) is 0 Å². The molecule has 4 nitrogen and oxygen atoms in total. The monoisotopic (exact) mass is 133 g/mol. The molecule has 0 aromatic rings. The van der Waals surface area contributed by atoms with E-state index in [0.29, 0.717) is 0 Å². The van der Waals surface area contributed by atoms with Crippen LogP contribution >= 0.6 is 21.8 Å². The predicted octanol–water partition coefficient (Wildman–Crippen LogP) is -0.365. The highest BCUT2D eigenvalue weighted by atomic mass is 32.1. The van der Waals surface area contributed by atoms with E-state index in [-0.39, 0.29) is 19.6 Å². The highest BCUT2D eigenvalue weighted by Gasteiger charge is 1.61. The molecule has 6 heavy (non-hydrogen) atoms. The van der Waals surface area contributed by atoms with Gasteiger partial charge in [0.2, 0.25) is 0 Å². The van der Waals surface area contributed by atoms with Gasteiger partial charge in [-0.3, -0.25) is 4.57 Å². The fourth-order valence-corrected chi connectivity index (χ4v) is 0. The smallest absolute Gasteiger partial charge is 0.314 e. The maximum absolute atomic E-state index is 8.74. The Morgan fingerprint density at radius 1 is 1.33 bits per heavy atom. The van der Waals surface area contributed by atoms with Crippen molar-refractivity contribution in [1.82, 2.24) is 6.15 Å². The maximum Gasteiger partial charge on any atom is 0.314 e. The molecule has 0 aromatic heterocycles. The summed E-state index contributed by atoms with van der Waals surface area (Å²) in [5.41, 5.74) is 0. The summed E-state index contributed by atoms with van der Waals surface area (Å²) >= 11 is 0. The maximum atomic E-state index is 8.74. The Balaban J connectivity index is -0.0000000450. The van der Waals surface area contributed by atoms with Crippen LogP contribution in [0, 0.1) is 0 Å². The van der Waals surface area contributed by atoms with Crippen molar-refractivity contribution in [1.29, 1.82) is 0 Å². The van der Waals surface area contributed by atoms with E-state index in [4.69, 9.17) is 14.4 Å². The van der Waals surface area contributed by atoms with E-state index < -0.39 is 8.25 Å². The molecule has 0 aliphatic rings. The molecule has 0 saturated carbocycles. The summed E-state index contributed by atoms with van der Waals surface area (Å²) in [5.74, 6) is 0. The Morgan fingerprint density at radius 3 is 1.33 bits per heavy atom. The first kappa shape index (κ1) is 16.1. The third-order valence-electron chi connectivity index (χ3n) is 0. The van der Waals surface area contributed by atoms with Gasteiger partial charge in [0.15, 0.2) is 0 Å². The van der Waals surface area contributed by atoms with Gasteiger partial charge in [0, 0.05) is 0 Å². The summed E-state index contributed by atoms with van der Waals surface area (Å²) in [5, 5.41) is 0. The molecule has 0 spiro atoms. The molecule has 0 saturated heterocycles. The van der Waals surface area contributed by atoms with Crippen LogP contribution in [-0.4, -0.2) is 9.79 Å². The Labute approximate surface area is 43.2 Å². The standard InChI is InChI=1S/H3N.H3O3P.H2S/c;1-4(2)3;/h1H3;4H,(H2,1,2,3);1H2. The highest BCUT2D eigenvalue weighted by Crippen LogP contribution is 1.98. The van der Waals surface area contributed by atoms with E-state index in [2.05, 4.69) is 0 Å². The van der Waals surface area contributed by atoms with Gasteiger partial charge in [-0.15, -0.1) is 0 Å². The SMILES string of the molecule is N.O=[PH](O)O.S. The molecule has 0 radical (unpaired) electrons. The van der Waals surface area contributed by atoms with Crippen molar-refractivity contribution < 1.29 is 14.4 Å². The van der Waals surface area contributed by atoms with Crippen molar-refractivity contribution in [3.05, 3.63) is 0 Å². The summed E-state index contributed by atoms with van der Waals surface area (Å²) in [6, 6.07) is 0. The van der Waals surface area contributed by atoms with E-state index in [1.165, 1.54) is 0 Å². The van der Waals surface area contributed by atoms with Crippen molar-refractivity contribution in [2.24, 2.45) is 0 Å². The zero-order chi connectivity index (χ0) is 3.58. The van der Waals surface area contributed by atoms with Crippen LogP contribution in [0.2, 0.25) is 0 Å². The largest absolute Gasteiger partial charge is 0.344 e. The lowest BCUT2D eigenvalue weighted by atomic mass is 14.0. The molecule has 0 aliphatic heterocycles. The van der Waals surface area contributed by atoms with Crippen molar-refractivity contribution in [3.63, 3.8) is 0 Å².